The van der Waals surface area contributed by atoms with Crippen molar-refractivity contribution in [3.8, 4) is 0 Å². The lowest BCUT2D eigenvalue weighted by atomic mass is 10.5. The van der Waals surface area contributed by atoms with Crippen molar-refractivity contribution in [3.63, 3.8) is 0 Å². The third-order valence-electron chi connectivity index (χ3n) is 1.43. The summed E-state index contributed by atoms with van der Waals surface area (Å²) in [6.45, 7) is 0.812. The van der Waals surface area contributed by atoms with Crippen LogP contribution >= 0.6 is 6.49 Å². The largest absolute Gasteiger partial charge is 0.379 e. The van der Waals surface area contributed by atoms with Gasteiger partial charge in [-0.05, 0) is 11.8 Å². The molecule has 0 spiro atoms. The maximum absolute atomic E-state index is 5.58. The molecule has 1 rings (SSSR count). The Morgan fingerprint density at radius 3 is 2.10 bits per heavy atom. The molecule has 0 bridgehead atoms. The van der Waals surface area contributed by atoms with E-state index in [0.29, 0.717) is 13.2 Å². The molecule has 1 fully saturated rings. The van der Waals surface area contributed by atoms with Crippen LogP contribution in [0.1, 0.15) is 0 Å². The van der Waals surface area contributed by atoms with Gasteiger partial charge in [0.15, 0.2) is 0 Å². The summed E-state index contributed by atoms with van der Waals surface area (Å²) in [6, 6.07) is 0. The molecule has 4 nitrogen and oxygen atoms in total. The lowest BCUT2D eigenvalue weighted by Crippen LogP contribution is -2.38. The fraction of sp³-hybridized carbons (Fsp3) is 1.00. The summed E-state index contributed by atoms with van der Waals surface area (Å²) in [4.78, 5) is 0. The number of ether oxygens (including phenoxy) is 1. The van der Waals surface area contributed by atoms with Crippen LogP contribution in [0.2, 0.25) is 0 Å². The van der Waals surface area contributed by atoms with Crippen molar-refractivity contribution in [1.29, 1.82) is 0 Å². The monoisotopic (exact) mass is 181 g/mol. The number of hydrogen-bond donors (Lipinski definition) is 2. The van der Waals surface area contributed by atoms with E-state index in [0.717, 1.165) is 13.1 Å². The molecule has 1 heterocycles. The Kier molecular flexibility index (Phi) is 2.80. The Hall–Kier alpha value is 0.490. The molecule has 0 aromatic rings. The molecule has 4 N–H and O–H groups in total. The maximum Gasteiger partial charge on any atom is 0.135 e. The van der Waals surface area contributed by atoms with Crippen LogP contribution in [-0.4, -0.2) is 31.0 Å². The summed E-state index contributed by atoms with van der Waals surface area (Å²) in [5.74, 6) is 0. The van der Waals surface area contributed by atoms with Crippen molar-refractivity contribution in [2.24, 2.45) is 11.0 Å². The minimum Gasteiger partial charge on any atom is -0.379 e. The summed E-state index contributed by atoms with van der Waals surface area (Å²) in [5.41, 5.74) is 11.2. The highest BCUT2D eigenvalue weighted by atomic mass is 32.4. The van der Waals surface area contributed by atoms with Gasteiger partial charge in [0.05, 0.1) is 13.2 Å². The zero-order chi connectivity index (χ0) is 7.61. The summed E-state index contributed by atoms with van der Waals surface area (Å²) in [6.07, 6.45) is 0. The quantitative estimate of drug-likeness (QED) is 0.532. The third kappa shape index (κ3) is 2.27. The Balaban J connectivity index is 2.47. The second kappa shape index (κ2) is 3.26. The first-order chi connectivity index (χ1) is 4.61. The highest BCUT2D eigenvalue weighted by Gasteiger charge is 2.18. The predicted molar refractivity (Wildman–Crippen MR) is 45.1 cm³/mol. The molecule has 60 valence electrons. The van der Waals surface area contributed by atoms with Gasteiger partial charge in [-0.1, -0.05) is 0 Å². The Labute approximate surface area is 65.7 Å². The predicted octanol–water partition coefficient (Wildman–Crippen LogP) is -0.539. The van der Waals surface area contributed by atoms with E-state index in [2.05, 4.69) is 0 Å². The minimum atomic E-state index is -2.15. The molecule has 0 atom stereocenters. The lowest BCUT2D eigenvalue weighted by molar-refractivity contribution is 0.0745. The van der Waals surface area contributed by atoms with Gasteiger partial charge in [0, 0.05) is 13.1 Å². The fourth-order valence-electron chi connectivity index (χ4n) is 0.866. The van der Waals surface area contributed by atoms with Crippen molar-refractivity contribution in [1.82, 2.24) is 4.67 Å². The van der Waals surface area contributed by atoms with E-state index in [1.165, 1.54) is 0 Å². The molecule has 0 amide bonds. The van der Waals surface area contributed by atoms with Crippen LogP contribution in [0.15, 0.2) is 0 Å². The highest BCUT2D eigenvalue weighted by Crippen LogP contribution is 2.31. The zero-order valence-corrected chi connectivity index (χ0v) is 7.40. The molecule has 1 saturated heterocycles. The van der Waals surface area contributed by atoms with Gasteiger partial charge < -0.3 is 4.74 Å². The zero-order valence-electron chi connectivity index (χ0n) is 5.69. The smallest absolute Gasteiger partial charge is 0.135 e. The van der Waals surface area contributed by atoms with Crippen LogP contribution < -0.4 is 11.0 Å². The highest BCUT2D eigenvalue weighted by molar-refractivity contribution is 8.11. The van der Waals surface area contributed by atoms with E-state index in [1.54, 1.807) is 0 Å². The molecule has 0 aliphatic carbocycles. The minimum absolute atomic E-state index is 0.701. The van der Waals surface area contributed by atoms with Gasteiger partial charge in [0.2, 0.25) is 0 Å². The number of hydrogen-bond acceptors (Lipinski definition) is 2. The molecule has 1 aliphatic rings. The van der Waals surface area contributed by atoms with E-state index in [4.69, 9.17) is 27.6 Å². The van der Waals surface area contributed by atoms with E-state index in [9.17, 15) is 0 Å². The van der Waals surface area contributed by atoms with Gasteiger partial charge in [-0.2, -0.15) is 0 Å². The molecule has 0 unspecified atom stereocenters. The van der Waals surface area contributed by atoms with Crippen LogP contribution in [0.3, 0.4) is 0 Å². The number of nitrogens with zero attached hydrogens (tertiary/aromatic N) is 1. The molecule has 0 aromatic heterocycles. The van der Waals surface area contributed by atoms with Gasteiger partial charge in [0.1, 0.15) is 6.49 Å². The van der Waals surface area contributed by atoms with E-state index in [1.807, 2.05) is 4.67 Å². The summed E-state index contributed by atoms with van der Waals surface area (Å²) >= 11 is 4.94. The molecule has 6 heteroatoms. The van der Waals surface area contributed by atoms with Gasteiger partial charge in [-0.15, -0.1) is 0 Å². The lowest BCUT2D eigenvalue weighted by Gasteiger charge is -2.31. The second-order valence-electron chi connectivity index (χ2n) is 2.24. The van der Waals surface area contributed by atoms with Crippen molar-refractivity contribution >= 4 is 18.3 Å². The van der Waals surface area contributed by atoms with Crippen molar-refractivity contribution < 1.29 is 4.74 Å². The van der Waals surface area contributed by atoms with Gasteiger partial charge >= 0.3 is 0 Å². The fourth-order valence-corrected chi connectivity index (χ4v) is 2.14. The van der Waals surface area contributed by atoms with E-state index >= 15 is 0 Å². The number of morpholine rings is 1. The molecule has 0 saturated carbocycles. The first kappa shape index (κ1) is 8.59. The first-order valence-electron chi connectivity index (χ1n) is 3.11. The number of nitrogens with two attached hydrogens (primary N) is 2. The normalized spacial score (nSPS) is 23.0. The molecule has 10 heavy (non-hydrogen) atoms. The van der Waals surface area contributed by atoms with Crippen LogP contribution in [0.5, 0.6) is 0 Å². The number of rotatable bonds is 1. The molecule has 0 radical (unpaired) electrons. The summed E-state index contributed by atoms with van der Waals surface area (Å²) in [5, 5.41) is 0. The van der Waals surface area contributed by atoms with Crippen molar-refractivity contribution in [2.45, 2.75) is 0 Å². The first-order valence-corrected chi connectivity index (χ1v) is 6.00. The molecular weight excluding hydrogens is 169 g/mol. The van der Waals surface area contributed by atoms with Gasteiger partial charge in [-0.3, -0.25) is 11.0 Å². The van der Waals surface area contributed by atoms with Crippen molar-refractivity contribution in [3.05, 3.63) is 0 Å². The standard InChI is InChI=1S/C4H12N3OPS/c5-9(6,10)7-1-3-8-4-2-7/h1-4H2,(H4,5,6,10). The van der Waals surface area contributed by atoms with E-state index in [-0.39, 0.29) is 0 Å². The average molecular weight is 181 g/mol. The third-order valence-corrected chi connectivity index (χ3v) is 3.41. The average Bonchev–Trinajstić information content (AvgIpc) is 1.88. The van der Waals surface area contributed by atoms with Gasteiger partial charge in [-0.25, -0.2) is 4.67 Å². The van der Waals surface area contributed by atoms with Gasteiger partial charge in [0.25, 0.3) is 0 Å². The van der Waals surface area contributed by atoms with Crippen molar-refractivity contribution in [2.75, 3.05) is 26.3 Å². The molecule has 1 aliphatic heterocycles. The second-order valence-corrected chi connectivity index (χ2v) is 5.90. The molecule has 0 aromatic carbocycles. The van der Waals surface area contributed by atoms with Crippen LogP contribution in [0.25, 0.3) is 0 Å². The maximum atomic E-state index is 5.58. The summed E-state index contributed by atoms with van der Waals surface area (Å²) in [7, 11) is 0. The topological polar surface area (TPSA) is 64.5 Å². The van der Waals surface area contributed by atoms with Crippen LogP contribution in [0, 0.1) is 0 Å². The van der Waals surface area contributed by atoms with Crippen LogP contribution in [0.4, 0.5) is 0 Å². The Morgan fingerprint density at radius 1 is 1.30 bits per heavy atom. The SMILES string of the molecule is NP(N)(=S)N1CCOCC1. The Morgan fingerprint density at radius 2 is 1.80 bits per heavy atom. The van der Waals surface area contributed by atoms with Crippen LogP contribution in [-0.2, 0) is 16.5 Å². The Bertz CT molecular complexity index is 153. The van der Waals surface area contributed by atoms with E-state index < -0.39 is 6.49 Å². The molecular formula is C4H12N3OPS. The summed E-state index contributed by atoms with van der Waals surface area (Å²) < 4.78 is 7.05.